The van der Waals surface area contributed by atoms with E-state index in [1.54, 1.807) is 41.5 Å². The lowest BCUT2D eigenvalue weighted by atomic mass is 9.73. The number of rotatable bonds is 10. The molecule has 1 aromatic rings. The number of hydrogen-bond acceptors (Lipinski definition) is 12. The lowest BCUT2D eigenvalue weighted by Gasteiger charge is -2.47. The van der Waals surface area contributed by atoms with Crippen LogP contribution < -0.4 is 0 Å². The molecule has 4 rings (SSSR count). The van der Waals surface area contributed by atoms with Crippen molar-refractivity contribution < 1.29 is 52.7 Å². The Bertz CT molecular complexity index is 1430. The van der Waals surface area contributed by atoms with Crippen molar-refractivity contribution in [2.75, 3.05) is 34.4 Å². The third kappa shape index (κ3) is 9.13. The molecule has 0 bridgehead atoms. The van der Waals surface area contributed by atoms with E-state index in [4.69, 9.17) is 28.4 Å². The first kappa shape index (κ1) is 42.8. The molecular formula is C40H62N2O11. The van der Waals surface area contributed by atoms with Gasteiger partial charge in [0.05, 0.1) is 37.1 Å². The summed E-state index contributed by atoms with van der Waals surface area (Å²) in [5.74, 6) is -5.01. The van der Waals surface area contributed by atoms with Crippen LogP contribution in [0.2, 0.25) is 0 Å². The molecule has 3 saturated heterocycles. The first-order valence-corrected chi connectivity index (χ1v) is 19.0. The zero-order chi connectivity index (χ0) is 39.4. The van der Waals surface area contributed by atoms with Gasteiger partial charge in [0.2, 0.25) is 0 Å². The second-order valence-electron chi connectivity index (χ2n) is 15.9. The maximum absolute atomic E-state index is 14.6. The predicted octanol–water partition coefficient (Wildman–Crippen LogP) is 4.41. The number of hydrogen-bond donors (Lipinski definition) is 1. The number of fused-ring (bicyclic) bond motifs is 1. The largest absolute Gasteiger partial charge is 0.458 e. The average molecular weight is 747 g/mol. The number of aliphatic hydroxyl groups is 1. The number of methoxy groups -OCH3 is 1. The van der Waals surface area contributed by atoms with Crippen LogP contribution in [0.4, 0.5) is 4.79 Å². The van der Waals surface area contributed by atoms with E-state index in [0.29, 0.717) is 13.0 Å². The highest BCUT2D eigenvalue weighted by Crippen LogP contribution is 2.43. The molecule has 0 spiro atoms. The Morgan fingerprint density at radius 2 is 1.64 bits per heavy atom. The van der Waals surface area contributed by atoms with Gasteiger partial charge in [0, 0.05) is 37.5 Å². The van der Waals surface area contributed by atoms with Crippen molar-refractivity contribution in [3.63, 3.8) is 0 Å². The highest BCUT2D eigenvalue weighted by atomic mass is 16.7. The van der Waals surface area contributed by atoms with Gasteiger partial charge in [-0.05, 0) is 66.6 Å². The van der Waals surface area contributed by atoms with Crippen LogP contribution in [0.3, 0.4) is 0 Å². The fourth-order valence-electron chi connectivity index (χ4n) is 8.64. The van der Waals surface area contributed by atoms with Crippen LogP contribution in [0.15, 0.2) is 30.3 Å². The van der Waals surface area contributed by atoms with Crippen LogP contribution in [0, 0.1) is 23.7 Å². The number of likely N-dealkylation sites (N-methyl/N-ethyl adjacent to an activating group) is 1. The zero-order valence-electron chi connectivity index (χ0n) is 33.4. The van der Waals surface area contributed by atoms with Crippen LogP contribution in [0.1, 0.15) is 80.2 Å². The summed E-state index contributed by atoms with van der Waals surface area (Å²) in [4.78, 5) is 59.7. The SMILES string of the molecule is CC[C@H]1OC(=O)[C@H](C)C(=O)[C@H](C)[C@@H](O[C@@H]2O[C@H](C)C[C@H](N(C)C)[C@H]2O)[C@](C)(OC)C[C@@H](C)C(=O)[C@H](C)[C@H]2N(CCOCc3ccccc3)C(=O)O[C@]12C. The van der Waals surface area contributed by atoms with E-state index in [-0.39, 0.29) is 43.9 Å². The van der Waals surface area contributed by atoms with E-state index >= 15 is 0 Å². The van der Waals surface area contributed by atoms with E-state index in [1.807, 2.05) is 56.3 Å². The number of ketones is 2. The minimum Gasteiger partial charge on any atom is -0.458 e. The number of cyclic esters (lactones) is 1. The number of carbonyl (C=O) groups is 4. The third-order valence-electron chi connectivity index (χ3n) is 11.7. The van der Waals surface area contributed by atoms with Crippen molar-refractivity contribution in [2.24, 2.45) is 23.7 Å². The fourth-order valence-corrected chi connectivity index (χ4v) is 8.64. The minimum absolute atomic E-state index is 0.124. The number of esters is 1. The Morgan fingerprint density at radius 3 is 2.25 bits per heavy atom. The normalized spacial score (nSPS) is 39.0. The molecule has 0 aromatic heterocycles. The van der Waals surface area contributed by atoms with Gasteiger partial charge in [-0.3, -0.25) is 19.3 Å². The Kier molecular flexibility index (Phi) is 14.3. The minimum atomic E-state index is -1.42. The first-order chi connectivity index (χ1) is 24.9. The zero-order valence-corrected chi connectivity index (χ0v) is 33.4. The molecule has 298 valence electrons. The number of carbonyl (C=O) groups excluding carboxylic acids is 4. The summed E-state index contributed by atoms with van der Waals surface area (Å²) in [6.07, 6.45) is -4.12. The molecule has 3 aliphatic rings. The molecule has 0 aliphatic carbocycles. The third-order valence-corrected chi connectivity index (χ3v) is 11.7. The van der Waals surface area contributed by atoms with Crippen molar-refractivity contribution in [3.8, 4) is 0 Å². The topological polar surface area (TPSA) is 150 Å². The molecule has 53 heavy (non-hydrogen) atoms. The van der Waals surface area contributed by atoms with E-state index in [9.17, 15) is 24.3 Å². The summed E-state index contributed by atoms with van der Waals surface area (Å²) in [7, 11) is 5.23. The molecule has 3 aliphatic heterocycles. The summed E-state index contributed by atoms with van der Waals surface area (Å²) in [5, 5.41) is 11.4. The van der Waals surface area contributed by atoms with Crippen molar-refractivity contribution in [2.45, 2.75) is 135 Å². The number of amides is 1. The Labute approximate surface area is 314 Å². The smallest absolute Gasteiger partial charge is 0.411 e. The Morgan fingerprint density at radius 1 is 0.981 bits per heavy atom. The van der Waals surface area contributed by atoms with Crippen LogP contribution in [-0.2, 0) is 49.4 Å². The van der Waals surface area contributed by atoms with Crippen molar-refractivity contribution in [1.29, 1.82) is 0 Å². The van der Waals surface area contributed by atoms with Crippen molar-refractivity contribution >= 4 is 23.6 Å². The van der Waals surface area contributed by atoms with Gasteiger partial charge in [0.1, 0.15) is 23.9 Å². The standard InChI is InChI=1S/C40H62N2O11/c1-12-30-40(8)34(42(38(47)53-40)18-19-49-22-28-16-14-13-15-17-28)25(4)31(43)23(2)21-39(7,48-11)35(26(5)32(44)27(6)36(46)51-30)52-37-33(45)29(41(9)10)20-24(3)50-37/h13-17,23-27,29-30,33-35,37,45H,12,18-22H2,1-11H3/t23-,24-,25+,26+,27-,29+,30-,33-,34-,35-,37+,39-,40-/m1/s1. The van der Waals surface area contributed by atoms with E-state index in [1.165, 1.54) is 18.9 Å². The summed E-state index contributed by atoms with van der Waals surface area (Å²) in [6.45, 7) is 14.5. The number of ether oxygens (including phenoxy) is 6. The van der Waals surface area contributed by atoms with Gasteiger partial charge < -0.3 is 38.4 Å². The number of benzene rings is 1. The van der Waals surface area contributed by atoms with Crippen molar-refractivity contribution in [3.05, 3.63) is 35.9 Å². The van der Waals surface area contributed by atoms with Crippen molar-refractivity contribution in [1.82, 2.24) is 9.80 Å². The van der Waals surface area contributed by atoms with Gasteiger partial charge in [-0.25, -0.2) is 4.79 Å². The molecule has 1 amide bonds. The second kappa shape index (κ2) is 17.7. The summed E-state index contributed by atoms with van der Waals surface area (Å²) >= 11 is 0. The molecule has 0 unspecified atom stereocenters. The second-order valence-corrected chi connectivity index (χ2v) is 15.9. The van der Waals surface area contributed by atoms with Gasteiger partial charge in [-0.2, -0.15) is 0 Å². The Hall–Kier alpha value is -2.94. The molecule has 13 nitrogen and oxygen atoms in total. The molecule has 3 fully saturated rings. The van der Waals surface area contributed by atoms with Gasteiger partial charge >= 0.3 is 12.1 Å². The predicted molar refractivity (Wildman–Crippen MR) is 196 cm³/mol. The lowest BCUT2D eigenvalue weighted by molar-refractivity contribution is -0.295. The number of aliphatic hydroxyl groups excluding tert-OH is 1. The van der Waals surface area contributed by atoms with E-state index < -0.39 is 83.4 Å². The van der Waals surface area contributed by atoms with E-state index in [0.717, 1.165) is 5.56 Å². The van der Waals surface area contributed by atoms with Crippen LogP contribution in [-0.4, -0.2) is 127 Å². The molecular weight excluding hydrogens is 684 g/mol. The van der Waals surface area contributed by atoms with Crippen LogP contribution in [0.5, 0.6) is 0 Å². The fraction of sp³-hybridized carbons (Fsp3) is 0.750. The monoisotopic (exact) mass is 746 g/mol. The van der Waals surface area contributed by atoms with Gasteiger partial charge in [0.25, 0.3) is 0 Å². The van der Waals surface area contributed by atoms with E-state index in [2.05, 4.69) is 0 Å². The molecule has 1 aromatic carbocycles. The average Bonchev–Trinajstić information content (AvgIpc) is 3.39. The highest BCUT2D eigenvalue weighted by Gasteiger charge is 2.60. The Balaban J connectivity index is 1.71. The van der Waals surface area contributed by atoms with Gasteiger partial charge in [0.15, 0.2) is 17.7 Å². The maximum Gasteiger partial charge on any atom is 0.411 e. The van der Waals surface area contributed by atoms with Gasteiger partial charge in [-0.15, -0.1) is 0 Å². The number of nitrogens with zero attached hydrogens (tertiary/aromatic N) is 2. The lowest BCUT2D eigenvalue weighted by Crippen LogP contribution is -2.60. The summed E-state index contributed by atoms with van der Waals surface area (Å²) < 4.78 is 36.9. The molecule has 0 radical (unpaired) electrons. The molecule has 13 atom stereocenters. The maximum atomic E-state index is 14.6. The first-order valence-electron chi connectivity index (χ1n) is 19.0. The highest BCUT2D eigenvalue weighted by molar-refractivity contribution is 6.00. The number of Topliss-reactive ketones (excluding diaryl/α,β-unsaturated/α-hetero) is 2. The molecule has 3 heterocycles. The van der Waals surface area contributed by atoms with Crippen LogP contribution in [0.25, 0.3) is 0 Å². The van der Waals surface area contributed by atoms with Crippen LogP contribution >= 0.6 is 0 Å². The molecule has 1 N–H and O–H groups in total. The summed E-state index contributed by atoms with van der Waals surface area (Å²) in [5.41, 5.74) is -1.71. The quantitative estimate of drug-likeness (QED) is 0.205. The van der Waals surface area contributed by atoms with Gasteiger partial charge in [-0.1, -0.05) is 58.0 Å². The summed E-state index contributed by atoms with van der Waals surface area (Å²) in [6, 6.07) is 8.55. The molecule has 0 saturated carbocycles. The molecule has 13 heteroatoms.